The highest BCUT2D eigenvalue weighted by Gasteiger charge is 2.31. The number of halogens is 2. The number of nitrogens with zero attached hydrogens (tertiary/aromatic N) is 6. The van der Waals surface area contributed by atoms with Crippen molar-refractivity contribution in [2.75, 3.05) is 18.4 Å². The molecule has 4 aromatic rings. The van der Waals surface area contributed by atoms with E-state index < -0.39 is 17.5 Å². The monoisotopic (exact) mass is 477 g/mol. The van der Waals surface area contributed by atoms with E-state index in [9.17, 15) is 13.6 Å². The van der Waals surface area contributed by atoms with Crippen molar-refractivity contribution in [1.29, 1.82) is 0 Å². The molecule has 1 saturated heterocycles. The fraction of sp³-hybridized carbons (Fsp3) is 0.360. The van der Waals surface area contributed by atoms with Crippen LogP contribution in [0.15, 0.2) is 48.9 Å². The second-order valence-corrected chi connectivity index (χ2v) is 9.26. The van der Waals surface area contributed by atoms with Crippen molar-refractivity contribution >= 4 is 17.4 Å². The summed E-state index contributed by atoms with van der Waals surface area (Å²) in [6, 6.07) is 7.54. The molecule has 0 spiro atoms. The number of carbonyl (C=O) groups excluding carboxylic acids is 1. The van der Waals surface area contributed by atoms with Gasteiger partial charge < -0.3 is 10.2 Å². The minimum atomic E-state index is -0.757. The van der Waals surface area contributed by atoms with Crippen LogP contribution >= 0.6 is 0 Å². The number of fused-ring (bicyclic) bond motifs is 1. The zero-order chi connectivity index (χ0) is 23.9. The molecule has 1 aliphatic heterocycles. The second-order valence-electron chi connectivity index (χ2n) is 9.26. The molecule has 1 N–H and O–H groups in total. The van der Waals surface area contributed by atoms with E-state index in [-0.39, 0.29) is 17.2 Å². The van der Waals surface area contributed by atoms with Gasteiger partial charge in [-0.05, 0) is 57.0 Å². The maximum atomic E-state index is 14.7. The van der Waals surface area contributed by atoms with Crippen LogP contribution in [-0.2, 0) is 0 Å². The Hall–Kier alpha value is -3.66. The highest BCUT2D eigenvalue weighted by molar-refractivity contribution is 6.07. The first kappa shape index (κ1) is 21.8. The number of likely N-dealkylation sites (tertiary alicyclic amines) is 1. The lowest BCUT2D eigenvalue weighted by Gasteiger charge is -2.41. The summed E-state index contributed by atoms with van der Waals surface area (Å²) in [4.78, 5) is 19.9. The Kier molecular flexibility index (Phi) is 5.52. The topological polar surface area (TPSA) is 80.4 Å². The lowest BCUT2D eigenvalue weighted by Crippen LogP contribution is -2.44. The van der Waals surface area contributed by atoms with Gasteiger partial charge in [0.05, 0.1) is 11.9 Å². The van der Waals surface area contributed by atoms with Gasteiger partial charge in [0.15, 0.2) is 11.5 Å². The predicted molar refractivity (Wildman–Crippen MR) is 126 cm³/mol. The number of piperidine rings is 1. The third-order valence-corrected chi connectivity index (χ3v) is 7.17. The predicted octanol–water partition coefficient (Wildman–Crippen LogP) is 4.18. The average molecular weight is 478 g/mol. The van der Waals surface area contributed by atoms with Crippen molar-refractivity contribution < 1.29 is 13.6 Å². The second kappa shape index (κ2) is 8.84. The summed E-state index contributed by atoms with van der Waals surface area (Å²) in [5, 5.41) is 11.7. The van der Waals surface area contributed by atoms with E-state index in [1.165, 1.54) is 46.8 Å². The van der Waals surface area contributed by atoms with Gasteiger partial charge in [0.25, 0.3) is 5.91 Å². The third-order valence-electron chi connectivity index (χ3n) is 7.17. The lowest BCUT2D eigenvalue weighted by molar-refractivity contribution is 0.0969. The third kappa shape index (κ3) is 4.07. The Morgan fingerprint density at radius 3 is 2.66 bits per heavy atom. The molecule has 0 atom stereocenters. The molecule has 1 aliphatic carbocycles. The molecule has 8 nitrogen and oxygen atoms in total. The quantitative estimate of drug-likeness (QED) is 0.467. The average Bonchev–Trinajstić information content (AvgIpc) is 3.43. The van der Waals surface area contributed by atoms with Crippen LogP contribution in [0.2, 0.25) is 0 Å². The van der Waals surface area contributed by atoms with E-state index >= 15 is 0 Å². The molecular weight excluding hydrogens is 452 g/mol. The van der Waals surface area contributed by atoms with E-state index in [1.54, 1.807) is 24.5 Å². The summed E-state index contributed by atoms with van der Waals surface area (Å²) in [7, 11) is 0. The van der Waals surface area contributed by atoms with Crippen LogP contribution in [0.1, 0.15) is 54.1 Å². The molecule has 1 aromatic carbocycles. The Morgan fingerprint density at radius 1 is 1.09 bits per heavy atom. The van der Waals surface area contributed by atoms with Crippen LogP contribution in [0, 0.1) is 11.6 Å². The van der Waals surface area contributed by atoms with Gasteiger partial charge in [0, 0.05) is 36.5 Å². The number of hydrogen-bond acceptors (Lipinski definition) is 5. The normalized spacial score (nSPS) is 17.5. The number of carbonyl (C=O) groups is 1. The Labute approximate surface area is 200 Å². The first-order valence-electron chi connectivity index (χ1n) is 12.0. The summed E-state index contributed by atoms with van der Waals surface area (Å²) < 4.78 is 31.2. The zero-order valence-electron chi connectivity index (χ0n) is 19.1. The highest BCUT2D eigenvalue weighted by atomic mass is 19.1. The Balaban J connectivity index is 1.31. The summed E-state index contributed by atoms with van der Waals surface area (Å²) in [6.07, 6.45) is 10.5. The Morgan fingerprint density at radius 2 is 1.91 bits per heavy atom. The van der Waals surface area contributed by atoms with Crippen LogP contribution in [0.25, 0.3) is 11.3 Å². The van der Waals surface area contributed by atoms with E-state index in [0.29, 0.717) is 17.5 Å². The molecule has 0 bridgehead atoms. The lowest BCUT2D eigenvalue weighted by atomic mass is 9.87. The van der Waals surface area contributed by atoms with Gasteiger partial charge in [-0.3, -0.25) is 4.79 Å². The minimum absolute atomic E-state index is 0.0674. The van der Waals surface area contributed by atoms with Gasteiger partial charge in [-0.25, -0.2) is 23.0 Å². The number of anilines is 1. The molecule has 1 saturated carbocycles. The Bertz CT molecular complexity index is 1390. The summed E-state index contributed by atoms with van der Waals surface area (Å²) in [5.74, 6) is -1.36. The summed E-state index contributed by atoms with van der Waals surface area (Å²) in [5.41, 5.74) is 1.55. The number of hydrogen-bond donors (Lipinski definition) is 1. The molecule has 6 rings (SSSR count). The van der Waals surface area contributed by atoms with Crippen LogP contribution in [0.3, 0.4) is 0 Å². The number of rotatable bonds is 5. The minimum Gasteiger partial charge on any atom is -0.306 e. The molecule has 4 heterocycles. The molecule has 3 aromatic heterocycles. The number of aromatic nitrogens is 5. The SMILES string of the molecule is O=C(Nc1cc(C2CCN(C3CCC3)CC2)nn1-c1ccc(F)cc1F)c1cnn2cccnc12. The van der Waals surface area contributed by atoms with E-state index in [4.69, 9.17) is 0 Å². The fourth-order valence-electron chi connectivity index (χ4n) is 5.01. The smallest absolute Gasteiger partial charge is 0.262 e. The fourth-order valence-corrected chi connectivity index (χ4v) is 5.01. The van der Waals surface area contributed by atoms with Crippen molar-refractivity contribution in [3.63, 3.8) is 0 Å². The van der Waals surface area contributed by atoms with Crippen molar-refractivity contribution in [1.82, 2.24) is 29.3 Å². The molecule has 1 amide bonds. The van der Waals surface area contributed by atoms with Crippen molar-refractivity contribution in [3.8, 4) is 5.69 Å². The van der Waals surface area contributed by atoms with Crippen LogP contribution < -0.4 is 5.32 Å². The van der Waals surface area contributed by atoms with Gasteiger partial charge >= 0.3 is 0 Å². The van der Waals surface area contributed by atoms with Gasteiger partial charge in [0.2, 0.25) is 0 Å². The first-order chi connectivity index (χ1) is 17.1. The van der Waals surface area contributed by atoms with E-state index in [1.807, 2.05) is 0 Å². The largest absolute Gasteiger partial charge is 0.306 e. The summed E-state index contributed by atoms with van der Waals surface area (Å²) in [6.45, 7) is 2.01. The van der Waals surface area contributed by atoms with Crippen molar-refractivity contribution in [3.05, 3.63) is 71.8 Å². The molecular formula is C25H25F2N7O. The van der Waals surface area contributed by atoms with Gasteiger partial charge in [0.1, 0.15) is 22.9 Å². The number of benzene rings is 1. The molecule has 2 aliphatic rings. The molecule has 0 unspecified atom stereocenters. The highest BCUT2D eigenvalue weighted by Crippen LogP contribution is 2.34. The molecule has 2 fully saturated rings. The van der Waals surface area contributed by atoms with E-state index in [2.05, 4.69) is 25.4 Å². The molecule has 180 valence electrons. The molecule has 10 heteroatoms. The molecule has 35 heavy (non-hydrogen) atoms. The van der Waals surface area contributed by atoms with Crippen LogP contribution in [0.4, 0.5) is 14.6 Å². The van der Waals surface area contributed by atoms with Crippen LogP contribution in [0.5, 0.6) is 0 Å². The standard InChI is InChI=1S/C25H25F2N7O/c26-17-5-6-22(20(27)13-17)34-23(30-25(35)19-15-29-33-10-2-9-28-24(19)33)14-21(31-34)16-7-11-32(12-8-16)18-3-1-4-18/h2,5-6,9-10,13-16,18H,1,3-4,7-8,11-12H2,(H,30,35). The first-order valence-corrected chi connectivity index (χ1v) is 12.0. The van der Waals surface area contributed by atoms with E-state index in [0.717, 1.165) is 37.7 Å². The van der Waals surface area contributed by atoms with Gasteiger partial charge in [-0.1, -0.05) is 6.42 Å². The van der Waals surface area contributed by atoms with Gasteiger partial charge in [-0.2, -0.15) is 10.2 Å². The van der Waals surface area contributed by atoms with Crippen molar-refractivity contribution in [2.45, 2.75) is 44.1 Å². The number of nitrogens with one attached hydrogen (secondary N) is 1. The van der Waals surface area contributed by atoms with Crippen molar-refractivity contribution in [2.24, 2.45) is 0 Å². The number of amides is 1. The summed E-state index contributed by atoms with van der Waals surface area (Å²) >= 11 is 0. The van der Waals surface area contributed by atoms with Crippen LogP contribution in [-0.4, -0.2) is 54.3 Å². The maximum absolute atomic E-state index is 14.7. The van der Waals surface area contributed by atoms with Gasteiger partial charge in [-0.15, -0.1) is 0 Å². The maximum Gasteiger partial charge on any atom is 0.262 e. The zero-order valence-corrected chi connectivity index (χ0v) is 19.1. The molecule has 0 radical (unpaired) electrons.